The van der Waals surface area contributed by atoms with Gasteiger partial charge < -0.3 is 16.0 Å². The Labute approximate surface area is 133 Å². The van der Waals surface area contributed by atoms with Crippen molar-refractivity contribution < 1.29 is 0 Å². The van der Waals surface area contributed by atoms with Crippen molar-refractivity contribution in [3.63, 3.8) is 0 Å². The lowest BCUT2D eigenvalue weighted by atomic mass is 10.2. The molecule has 5 heteroatoms. The van der Waals surface area contributed by atoms with Crippen LogP contribution in [-0.2, 0) is 0 Å². The van der Waals surface area contributed by atoms with Gasteiger partial charge in [0.15, 0.2) is 5.82 Å². The summed E-state index contributed by atoms with van der Waals surface area (Å²) in [5.74, 6) is 0.789. The highest BCUT2D eigenvalue weighted by atomic mass is 15.3. The number of hydrogen-bond donors (Lipinski definition) is 2. The van der Waals surface area contributed by atoms with E-state index in [4.69, 9.17) is 5.73 Å². The summed E-state index contributed by atoms with van der Waals surface area (Å²) in [6.07, 6.45) is 8.31. The van der Waals surface area contributed by atoms with E-state index in [1.165, 1.54) is 32.2 Å². The molecule has 0 radical (unpaired) electrons. The number of nitrogens with zero attached hydrogens (tertiary/aromatic N) is 3. The molecule has 2 rings (SSSR count). The van der Waals surface area contributed by atoms with Gasteiger partial charge in [-0.15, -0.1) is 5.10 Å². The van der Waals surface area contributed by atoms with Crippen LogP contribution in [0.2, 0.25) is 0 Å². The number of unbranched alkanes of at least 4 members (excludes halogenated alkanes) is 3. The zero-order valence-corrected chi connectivity index (χ0v) is 13.9. The second-order valence-electron chi connectivity index (χ2n) is 5.94. The van der Waals surface area contributed by atoms with Crippen LogP contribution in [0.3, 0.4) is 0 Å². The Kier molecular flexibility index (Phi) is 6.52. The molecule has 0 saturated heterocycles. The van der Waals surface area contributed by atoms with Gasteiger partial charge in [-0.3, -0.25) is 0 Å². The van der Waals surface area contributed by atoms with Crippen LogP contribution >= 0.6 is 0 Å². The van der Waals surface area contributed by atoms with Crippen LogP contribution in [0.1, 0.15) is 39.0 Å². The summed E-state index contributed by atoms with van der Waals surface area (Å²) in [5, 5.41) is 7.82. The number of anilines is 2. The maximum absolute atomic E-state index is 6.12. The molecule has 22 heavy (non-hydrogen) atoms. The highest BCUT2D eigenvalue weighted by Gasteiger charge is 2.08. The molecular weight excluding hydrogens is 274 g/mol. The number of hydrogen-bond acceptors (Lipinski definition) is 4. The van der Waals surface area contributed by atoms with Gasteiger partial charge in [0, 0.05) is 12.7 Å². The van der Waals surface area contributed by atoms with Crippen molar-refractivity contribution >= 4 is 17.0 Å². The molecule has 0 atom stereocenters. The third-order valence-corrected chi connectivity index (χ3v) is 3.98. The van der Waals surface area contributed by atoms with Gasteiger partial charge in [-0.05, 0) is 45.1 Å². The molecule has 2 aromatic rings. The third kappa shape index (κ3) is 4.63. The van der Waals surface area contributed by atoms with Crippen LogP contribution in [-0.4, -0.2) is 41.2 Å². The second kappa shape index (κ2) is 8.63. The van der Waals surface area contributed by atoms with Crippen molar-refractivity contribution in [2.24, 2.45) is 0 Å². The quantitative estimate of drug-likeness (QED) is 0.662. The van der Waals surface area contributed by atoms with Crippen LogP contribution in [0, 0.1) is 0 Å². The first-order valence-corrected chi connectivity index (χ1v) is 8.37. The zero-order valence-electron chi connectivity index (χ0n) is 13.9. The monoisotopic (exact) mass is 303 g/mol. The van der Waals surface area contributed by atoms with Crippen LogP contribution < -0.4 is 11.1 Å². The fourth-order valence-electron chi connectivity index (χ4n) is 2.62. The number of aromatic nitrogens is 2. The van der Waals surface area contributed by atoms with Crippen molar-refractivity contribution in [2.45, 2.75) is 39.0 Å². The lowest BCUT2D eigenvalue weighted by Gasteiger charge is -2.16. The Morgan fingerprint density at radius 1 is 1.18 bits per heavy atom. The minimum atomic E-state index is 0.730. The summed E-state index contributed by atoms with van der Waals surface area (Å²) >= 11 is 0. The first-order chi connectivity index (χ1) is 10.7. The van der Waals surface area contributed by atoms with Crippen molar-refractivity contribution in [2.75, 3.05) is 37.7 Å². The Balaban J connectivity index is 1.68. The normalized spacial score (nSPS) is 11.4. The van der Waals surface area contributed by atoms with Crippen LogP contribution in [0.25, 0.3) is 5.52 Å². The van der Waals surface area contributed by atoms with Gasteiger partial charge in [0.05, 0.1) is 5.52 Å². The molecule has 122 valence electrons. The molecule has 3 N–H and O–H groups in total. The van der Waals surface area contributed by atoms with E-state index in [2.05, 4.69) is 29.3 Å². The lowest BCUT2D eigenvalue weighted by Crippen LogP contribution is -2.22. The fraction of sp³-hybridized carbons (Fsp3) is 0.588. The molecule has 0 aliphatic heterocycles. The predicted molar refractivity (Wildman–Crippen MR) is 94.4 cm³/mol. The number of nitrogens with one attached hydrogen (secondary N) is 1. The highest BCUT2D eigenvalue weighted by Crippen LogP contribution is 2.22. The van der Waals surface area contributed by atoms with E-state index in [1.807, 2.05) is 28.9 Å². The molecule has 0 aromatic carbocycles. The van der Waals surface area contributed by atoms with Gasteiger partial charge in [-0.2, -0.15) is 0 Å². The molecule has 0 unspecified atom stereocenters. The van der Waals surface area contributed by atoms with Gasteiger partial charge in [0.1, 0.15) is 5.69 Å². The first kappa shape index (κ1) is 16.6. The van der Waals surface area contributed by atoms with Gasteiger partial charge in [0.2, 0.25) is 0 Å². The molecule has 0 amide bonds. The van der Waals surface area contributed by atoms with Crippen LogP contribution in [0.15, 0.2) is 24.4 Å². The summed E-state index contributed by atoms with van der Waals surface area (Å²) in [6.45, 7) is 5.44. The maximum atomic E-state index is 6.12. The van der Waals surface area contributed by atoms with E-state index in [1.54, 1.807) is 0 Å². The van der Waals surface area contributed by atoms with Gasteiger partial charge in [-0.25, -0.2) is 4.52 Å². The standard InChI is InChI=1S/C17H29N5/c1-3-4-5-7-12-21(2)13-9-11-19-17-16(18)15-10-6-8-14-22(15)20-17/h6,8,10,14H,3-5,7,9,11-13,18H2,1-2H3,(H,19,20). The van der Waals surface area contributed by atoms with Gasteiger partial charge >= 0.3 is 0 Å². The maximum Gasteiger partial charge on any atom is 0.172 e. The number of rotatable bonds is 10. The molecule has 2 heterocycles. The number of pyridine rings is 1. The van der Waals surface area contributed by atoms with E-state index in [9.17, 15) is 0 Å². The molecular formula is C17H29N5. The minimum Gasteiger partial charge on any atom is -0.394 e. The van der Waals surface area contributed by atoms with E-state index >= 15 is 0 Å². The predicted octanol–water partition coefficient (Wildman–Crippen LogP) is 3.23. The summed E-state index contributed by atoms with van der Waals surface area (Å²) in [4.78, 5) is 2.41. The number of nitrogens with two attached hydrogens (primary N) is 1. The molecule has 0 spiro atoms. The Morgan fingerprint density at radius 3 is 2.77 bits per heavy atom. The van der Waals surface area contributed by atoms with Crippen molar-refractivity contribution in [1.82, 2.24) is 14.5 Å². The SMILES string of the molecule is CCCCCCN(C)CCCNc1nn2ccccc2c1N. The number of fused-ring (bicyclic) bond motifs is 1. The Hall–Kier alpha value is -1.75. The van der Waals surface area contributed by atoms with Crippen molar-refractivity contribution in [3.8, 4) is 0 Å². The van der Waals surface area contributed by atoms with Crippen LogP contribution in [0.5, 0.6) is 0 Å². The van der Waals surface area contributed by atoms with E-state index in [0.717, 1.165) is 36.5 Å². The third-order valence-electron chi connectivity index (χ3n) is 3.98. The average molecular weight is 303 g/mol. The Bertz CT molecular complexity index is 563. The second-order valence-corrected chi connectivity index (χ2v) is 5.94. The minimum absolute atomic E-state index is 0.730. The van der Waals surface area contributed by atoms with E-state index in [0.29, 0.717) is 0 Å². The summed E-state index contributed by atoms with van der Waals surface area (Å²) in [5.41, 5.74) is 7.81. The van der Waals surface area contributed by atoms with E-state index < -0.39 is 0 Å². The van der Waals surface area contributed by atoms with Crippen LogP contribution in [0.4, 0.5) is 11.5 Å². The summed E-state index contributed by atoms with van der Waals surface area (Å²) in [7, 11) is 2.20. The molecule has 2 aromatic heterocycles. The van der Waals surface area contributed by atoms with Crippen molar-refractivity contribution in [3.05, 3.63) is 24.4 Å². The topological polar surface area (TPSA) is 58.6 Å². The molecule has 5 nitrogen and oxygen atoms in total. The average Bonchev–Trinajstić information content (AvgIpc) is 2.85. The molecule has 0 fully saturated rings. The van der Waals surface area contributed by atoms with Crippen molar-refractivity contribution in [1.29, 1.82) is 0 Å². The Morgan fingerprint density at radius 2 is 2.00 bits per heavy atom. The molecule has 0 aliphatic carbocycles. The largest absolute Gasteiger partial charge is 0.394 e. The molecule has 0 bridgehead atoms. The molecule has 0 aliphatic rings. The number of nitrogen functional groups attached to an aromatic ring is 1. The fourth-order valence-corrected chi connectivity index (χ4v) is 2.62. The lowest BCUT2D eigenvalue weighted by molar-refractivity contribution is 0.323. The highest BCUT2D eigenvalue weighted by molar-refractivity contribution is 5.80. The summed E-state index contributed by atoms with van der Waals surface area (Å²) in [6, 6.07) is 5.92. The van der Waals surface area contributed by atoms with E-state index in [-0.39, 0.29) is 0 Å². The first-order valence-electron chi connectivity index (χ1n) is 8.37. The van der Waals surface area contributed by atoms with Gasteiger partial charge in [0.25, 0.3) is 0 Å². The smallest absolute Gasteiger partial charge is 0.172 e. The van der Waals surface area contributed by atoms with Gasteiger partial charge in [-0.1, -0.05) is 32.3 Å². The molecule has 0 saturated carbocycles. The zero-order chi connectivity index (χ0) is 15.8. The summed E-state index contributed by atoms with van der Waals surface area (Å²) < 4.78 is 1.82.